The van der Waals surface area contributed by atoms with Crippen LogP contribution in [0, 0.1) is 0 Å². The minimum absolute atomic E-state index is 1.03. The first kappa shape index (κ1) is 10.7. The van der Waals surface area contributed by atoms with Crippen LogP contribution in [0.15, 0.2) is 49.6 Å². The van der Waals surface area contributed by atoms with Gasteiger partial charge in [0, 0.05) is 18.9 Å². The van der Waals surface area contributed by atoms with E-state index in [4.69, 9.17) is 0 Å². The summed E-state index contributed by atoms with van der Waals surface area (Å²) in [7, 11) is 0. The normalized spacial score (nSPS) is 10.2. The van der Waals surface area contributed by atoms with E-state index in [0.717, 1.165) is 19.4 Å². The first-order valence-corrected chi connectivity index (χ1v) is 5.55. The summed E-state index contributed by atoms with van der Waals surface area (Å²) < 4.78 is 2.11. The predicted molar refractivity (Wildman–Crippen MR) is 67.1 cm³/mol. The molecular weight excluding hydrogens is 196 g/mol. The highest BCUT2D eigenvalue weighted by atomic mass is 15.0. The Labute approximate surface area is 96.3 Å². The maximum absolute atomic E-state index is 4.02. The highest BCUT2D eigenvalue weighted by molar-refractivity contribution is 5.47. The lowest BCUT2D eigenvalue weighted by atomic mass is 10.1. The van der Waals surface area contributed by atoms with E-state index < -0.39 is 0 Å². The Morgan fingerprint density at radius 2 is 2.06 bits per heavy atom. The van der Waals surface area contributed by atoms with Crippen molar-refractivity contribution < 1.29 is 0 Å². The Balaban J connectivity index is 1.83. The zero-order valence-electron chi connectivity index (χ0n) is 9.34. The minimum Gasteiger partial charge on any atom is -0.337 e. The topological polar surface area (TPSA) is 17.8 Å². The number of aromatic nitrogens is 2. The van der Waals surface area contributed by atoms with E-state index in [1.807, 2.05) is 24.8 Å². The van der Waals surface area contributed by atoms with Gasteiger partial charge in [0.15, 0.2) is 0 Å². The Morgan fingerprint density at radius 1 is 1.25 bits per heavy atom. The summed E-state index contributed by atoms with van der Waals surface area (Å²) in [4.78, 5) is 4.02. The molecule has 0 unspecified atom stereocenters. The van der Waals surface area contributed by atoms with Crippen molar-refractivity contribution in [3.63, 3.8) is 0 Å². The van der Waals surface area contributed by atoms with Crippen molar-refractivity contribution in [2.45, 2.75) is 19.4 Å². The highest BCUT2D eigenvalue weighted by Crippen LogP contribution is 2.08. The average molecular weight is 212 g/mol. The Hall–Kier alpha value is -1.83. The summed E-state index contributed by atoms with van der Waals surface area (Å²) in [5, 5.41) is 0. The van der Waals surface area contributed by atoms with Crippen LogP contribution >= 0.6 is 0 Å². The molecule has 0 saturated heterocycles. The van der Waals surface area contributed by atoms with Crippen molar-refractivity contribution in [2.24, 2.45) is 0 Å². The van der Waals surface area contributed by atoms with Crippen molar-refractivity contribution in [3.8, 4) is 0 Å². The van der Waals surface area contributed by atoms with Crippen LogP contribution in [0.1, 0.15) is 17.5 Å². The summed E-state index contributed by atoms with van der Waals surface area (Å²) in [5.74, 6) is 0. The van der Waals surface area contributed by atoms with Crippen LogP contribution in [0.3, 0.4) is 0 Å². The molecule has 0 bridgehead atoms. The van der Waals surface area contributed by atoms with Crippen molar-refractivity contribution in [1.29, 1.82) is 0 Å². The second kappa shape index (κ2) is 5.31. The summed E-state index contributed by atoms with van der Waals surface area (Å²) in [6.45, 7) is 4.78. The second-order valence-electron chi connectivity index (χ2n) is 3.85. The number of rotatable bonds is 5. The summed E-state index contributed by atoms with van der Waals surface area (Å²) >= 11 is 0. The molecule has 2 nitrogen and oxygen atoms in total. The van der Waals surface area contributed by atoms with Gasteiger partial charge in [0.2, 0.25) is 0 Å². The van der Waals surface area contributed by atoms with E-state index >= 15 is 0 Å². The fourth-order valence-electron chi connectivity index (χ4n) is 1.71. The summed E-state index contributed by atoms with van der Waals surface area (Å²) in [6, 6.07) is 8.56. The molecule has 2 aromatic rings. The molecule has 0 aliphatic carbocycles. The molecule has 0 fully saturated rings. The second-order valence-corrected chi connectivity index (χ2v) is 3.85. The van der Waals surface area contributed by atoms with Crippen LogP contribution in [0.25, 0.3) is 6.08 Å². The molecule has 0 saturated carbocycles. The number of aryl methyl sites for hydroxylation is 2. The molecule has 1 heterocycles. The molecule has 0 spiro atoms. The first-order valence-electron chi connectivity index (χ1n) is 5.55. The molecule has 82 valence electrons. The predicted octanol–water partition coefficient (Wildman–Crippen LogP) is 3.16. The quantitative estimate of drug-likeness (QED) is 0.744. The van der Waals surface area contributed by atoms with Crippen LogP contribution in [0.4, 0.5) is 0 Å². The van der Waals surface area contributed by atoms with Gasteiger partial charge in [-0.2, -0.15) is 0 Å². The van der Waals surface area contributed by atoms with Gasteiger partial charge >= 0.3 is 0 Å². The smallest absolute Gasteiger partial charge is 0.0945 e. The third-order valence-corrected chi connectivity index (χ3v) is 2.66. The van der Waals surface area contributed by atoms with Crippen molar-refractivity contribution >= 4 is 6.08 Å². The Bertz CT molecular complexity index is 426. The van der Waals surface area contributed by atoms with Gasteiger partial charge in [-0.15, -0.1) is 0 Å². The van der Waals surface area contributed by atoms with Gasteiger partial charge in [-0.1, -0.05) is 36.9 Å². The monoisotopic (exact) mass is 212 g/mol. The van der Waals surface area contributed by atoms with Gasteiger partial charge in [0.25, 0.3) is 0 Å². The fraction of sp³-hybridized carbons (Fsp3) is 0.214. The molecule has 0 amide bonds. The van der Waals surface area contributed by atoms with Crippen molar-refractivity contribution in [2.75, 3.05) is 0 Å². The van der Waals surface area contributed by atoms with Crippen LogP contribution in [0.5, 0.6) is 0 Å². The van der Waals surface area contributed by atoms with Crippen molar-refractivity contribution in [1.82, 2.24) is 9.55 Å². The average Bonchev–Trinajstić information content (AvgIpc) is 2.83. The first-order chi connectivity index (χ1) is 7.88. The maximum atomic E-state index is 4.02. The molecule has 1 aromatic heterocycles. The number of imidazole rings is 1. The van der Waals surface area contributed by atoms with Gasteiger partial charge in [-0.05, 0) is 24.0 Å². The van der Waals surface area contributed by atoms with E-state index in [-0.39, 0.29) is 0 Å². The molecule has 1 aromatic carbocycles. The zero-order valence-corrected chi connectivity index (χ0v) is 9.34. The van der Waals surface area contributed by atoms with E-state index in [0.29, 0.717) is 0 Å². The lowest BCUT2D eigenvalue weighted by molar-refractivity contribution is 0.642. The number of hydrogen-bond donors (Lipinski definition) is 0. The Kier molecular flexibility index (Phi) is 3.54. The number of nitrogens with zero attached hydrogens (tertiary/aromatic N) is 2. The number of hydrogen-bond acceptors (Lipinski definition) is 1. The molecule has 16 heavy (non-hydrogen) atoms. The molecule has 0 radical (unpaired) electrons. The minimum atomic E-state index is 1.03. The van der Waals surface area contributed by atoms with Gasteiger partial charge in [-0.3, -0.25) is 0 Å². The molecule has 2 heteroatoms. The molecule has 0 aliphatic rings. The van der Waals surface area contributed by atoms with Gasteiger partial charge in [-0.25, -0.2) is 4.98 Å². The molecule has 0 N–H and O–H groups in total. The zero-order chi connectivity index (χ0) is 11.2. The number of benzene rings is 1. The molecule has 0 atom stereocenters. The molecular formula is C14H16N2. The van der Waals surface area contributed by atoms with E-state index in [9.17, 15) is 0 Å². The molecule has 2 rings (SSSR count). The third-order valence-electron chi connectivity index (χ3n) is 2.66. The van der Waals surface area contributed by atoms with Gasteiger partial charge in [0.1, 0.15) is 0 Å². The van der Waals surface area contributed by atoms with Crippen LogP contribution in [-0.4, -0.2) is 9.55 Å². The third kappa shape index (κ3) is 2.83. The summed E-state index contributed by atoms with van der Waals surface area (Å²) in [6.07, 6.45) is 9.80. The lowest BCUT2D eigenvalue weighted by Gasteiger charge is -2.03. The maximum Gasteiger partial charge on any atom is 0.0945 e. The lowest BCUT2D eigenvalue weighted by Crippen LogP contribution is -1.96. The van der Waals surface area contributed by atoms with Crippen LogP contribution < -0.4 is 0 Å². The highest BCUT2D eigenvalue weighted by Gasteiger charge is 1.94. The van der Waals surface area contributed by atoms with Crippen molar-refractivity contribution in [3.05, 3.63) is 60.7 Å². The van der Waals surface area contributed by atoms with E-state index in [1.54, 1.807) is 0 Å². The van der Waals surface area contributed by atoms with E-state index in [2.05, 4.69) is 40.4 Å². The van der Waals surface area contributed by atoms with Crippen LogP contribution in [-0.2, 0) is 13.0 Å². The summed E-state index contributed by atoms with van der Waals surface area (Å²) in [5.41, 5.74) is 2.56. The van der Waals surface area contributed by atoms with Gasteiger partial charge in [0.05, 0.1) is 6.33 Å². The Morgan fingerprint density at radius 3 is 2.69 bits per heavy atom. The fourth-order valence-corrected chi connectivity index (χ4v) is 1.71. The van der Waals surface area contributed by atoms with Gasteiger partial charge < -0.3 is 4.57 Å². The SMILES string of the molecule is C=Cc1ccc(CCCn2ccnc2)cc1. The van der Waals surface area contributed by atoms with Crippen LogP contribution in [0.2, 0.25) is 0 Å². The van der Waals surface area contributed by atoms with E-state index in [1.165, 1.54) is 11.1 Å². The largest absolute Gasteiger partial charge is 0.337 e. The standard InChI is InChI=1S/C14H16N2/c1-2-13-5-7-14(8-6-13)4-3-10-16-11-9-15-12-16/h2,5-9,11-12H,1,3-4,10H2. The molecule has 0 aliphatic heterocycles.